The van der Waals surface area contributed by atoms with Gasteiger partial charge in [-0.25, -0.2) is 0 Å². The van der Waals surface area contributed by atoms with Crippen LogP contribution in [0.25, 0.3) is 0 Å². The number of amides is 1. The van der Waals surface area contributed by atoms with Gasteiger partial charge in [0.25, 0.3) is 5.91 Å². The standard InChI is InChI=1S/C14H14BrN3O2/c1-9-8-18(14(19)11-5-6-16-17(11)2)12-7-10(15)3-4-13(12)20-9/h3-7,9H,8H2,1-2H3/t9-/m0/s1. The van der Waals surface area contributed by atoms with Crippen molar-refractivity contribution in [2.45, 2.75) is 13.0 Å². The fourth-order valence-electron chi connectivity index (χ4n) is 2.32. The molecule has 0 saturated heterocycles. The average Bonchev–Trinajstić information content (AvgIpc) is 2.84. The predicted octanol–water partition coefficient (Wildman–Crippen LogP) is 2.61. The molecular weight excluding hydrogens is 322 g/mol. The molecule has 0 N–H and O–H groups in total. The Hall–Kier alpha value is -1.82. The van der Waals surface area contributed by atoms with Crippen LogP contribution in [0.3, 0.4) is 0 Å². The Bertz CT molecular complexity index is 668. The van der Waals surface area contributed by atoms with Crippen molar-refractivity contribution >= 4 is 27.5 Å². The molecule has 1 amide bonds. The summed E-state index contributed by atoms with van der Waals surface area (Å²) in [4.78, 5) is 14.4. The van der Waals surface area contributed by atoms with E-state index in [2.05, 4.69) is 21.0 Å². The third kappa shape index (κ3) is 2.20. The highest BCUT2D eigenvalue weighted by molar-refractivity contribution is 9.10. The zero-order valence-corrected chi connectivity index (χ0v) is 12.8. The lowest BCUT2D eigenvalue weighted by atomic mass is 10.2. The Morgan fingerprint density at radius 2 is 2.25 bits per heavy atom. The number of hydrogen-bond acceptors (Lipinski definition) is 3. The van der Waals surface area contributed by atoms with E-state index in [0.717, 1.165) is 15.9 Å². The van der Waals surface area contributed by atoms with Crippen molar-refractivity contribution in [3.8, 4) is 5.75 Å². The second kappa shape index (κ2) is 4.94. The SMILES string of the molecule is C[C@H]1CN(C(=O)c2ccnn2C)c2cc(Br)ccc2O1. The normalized spacial score (nSPS) is 17.6. The van der Waals surface area contributed by atoms with Gasteiger partial charge in [-0.1, -0.05) is 15.9 Å². The van der Waals surface area contributed by atoms with Crippen molar-refractivity contribution in [1.82, 2.24) is 9.78 Å². The van der Waals surface area contributed by atoms with E-state index in [4.69, 9.17) is 4.74 Å². The van der Waals surface area contributed by atoms with E-state index in [1.807, 2.05) is 25.1 Å². The van der Waals surface area contributed by atoms with E-state index in [0.29, 0.717) is 12.2 Å². The molecule has 1 aliphatic heterocycles. The van der Waals surface area contributed by atoms with Gasteiger partial charge in [0.1, 0.15) is 17.5 Å². The van der Waals surface area contributed by atoms with Gasteiger partial charge in [0.2, 0.25) is 0 Å². The van der Waals surface area contributed by atoms with Gasteiger partial charge in [-0.3, -0.25) is 14.4 Å². The van der Waals surface area contributed by atoms with E-state index < -0.39 is 0 Å². The minimum Gasteiger partial charge on any atom is -0.487 e. The van der Waals surface area contributed by atoms with Gasteiger partial charge in [0, 0.05) is 17.7 Å². The molecule has 0 unspecified atom stereocenters. The topological polar surface area (TPSA) is 47.4 Å². The maximum atomic E-state index is 12.7. The number of fused-ring (bicyclic) bond motifs is 1. The first-order valence-electron chi connectivity index (χ1n) is 6.32. The Kier molecular flexibility index (Phi) is 3.25. The lowest BCUT2D eigenvalue weighted by molar-refractivity contribution is 0.0952. The molecule has 0 bridgehead atoms. The van der Waals surface area contributed by atoms with E-state index in [1.54, 1.807) is 28.9 Å². The smallest absolute Gasteiger partial charge is 0.276 e. The molecule has 1 aliphatic rings. The average molecular weight is 336 g/mol. The molecule has 1 aromatic heterocycles. The summed E-state index contributed by atoms with van der Waals surface area (Å²) < 4.78 is 8.28. The van der Waals surface area contributed by atoms with Crippen LogP contribution >= 0.6 is 15.9 Å². The summed E-state index contributed by atoms with van der Waals surface area (Å²) in [5.41, 5.74) is 1.34. The summed E-state index contributed by atoms with van der Waals surface area (Å²) in [7, 11) is 1.76. The number of hydrogen-bond donors (Lipinski definition) is 0. The van der Waals surface area contributed by atoms with Crippen LogP contribution in [0.5, 0.6) is 5.75 Å². The predicted molar refractivity (Wildman–Crippen MR) is 79.1 cm³/mol. The Balaban J connectivity index is 2.04. The van der Waals surface area contributed by atoms with Crippen LogP contribution in [0.4, 0.5) is 5.69 Å². The number of ether oxygens (including phenoxy) is 1. The van der Waals surface area contributed by atoms with Crippen LogP contribution < -0.4 is 9.64 Å². The first kappa shape index (κ1) is 13.2. The molecular formula is C14H14BrN3O2. The number of aryl methyl sites for hydroxylation is 1. The Morgan fingerprint density at radius 3 is 2.95 bits per heavy atom. The highest BCUT2D eigenvalue weighted by Crippen LogP contribution is 2.36. The third-order valence-corrected chi connectivity index (χ3v) is 3.76. The number of rotatable bonds is 1. The lowest BCUT2D eigenvalue weighted by Crippen LogP contribution is -2.43. The molecule has 0 spiro atoms. The van der Waals surface area contributed by atoms with Crippen molar-refractivity contribution in [2.24, 2.45) is 7.05 Å². The van der Waals surface area contributed by atoms with Gasteiger partial charge in [-0.05, 0) is 31.2 Å². The summed E-state index contributed by atoms with van der Waals surface area (Å²) >= 11 is 3.43. The van der Waals surface area contributed by atoms with Gasteiger partial charge in [0.15, 0.2) is 0 Å². The minimum absolute atomic E-state index is 0.0409. The van der Waals surface area contributed by atoms with Crippen LogP contribution in [-0.4, -0.2) is 28.3 Å². The van der Waals surface area contributed by atoms with Crippen LogP contribution in [0, 0.1) is 0 Å². The Morgan fingerprint density at radius 1 is 1.45 bits per heavy atom. The molecule has 5 nitrogen and oxygen atoms in total. The van der Waals surface area contributed by atoms with E-state index in [1.165, 1.54) is 0 Å². The van der Waals surface area contributed by atoms with Crippen molar-refractivity contribution in [3.63, 3.8) is 0 Å². The number of carbonyl (C=O) groups is 1. The molecule has 104 valence electrons. The quantitative estimate of drug-likeness (QED) is 0.804. The monoisotopic (exact) mass is 335 g/mol. The number of aromatic nitrogens is 2. The zero-order chi connectivity index (χ0) is 14.3. The molecule has 0 aliphatic carbocycles. The number of carbonyl (C=O) groups excluding carboxylic acids is 1. The first-order chi connectivity index (χ1) is 9.56. The highest BCUT2D eigenvalue weighted by Gasteiger charge is 2.29. The Labute approximate surface area is 125 Å². The number of nitrogens with zero attached hydrogens (tertiary/aromatic N) is 3. The summed E-state index contributed by atoms with van der Waals surface area (Å²) in [5.74, 6) is 0.655. The van der Waals surface area contributed by atoms with E-state index >= 15 is 0 Å². The molecule has 2 aromatic rings. The molecule has 1 aromatic carbocycles. The van der Waals surface area contributed by atoms with E-state index in [-0.39, 0.29) is 12.0 Å². The molecule has 3 rings (SSSR count). The van der Waals surface area contributed by atoms with Gasteiger partial charge in [-0.15, -0.1) is 0 Å². The van der Waals surface area contributed by atoms with E-state index in [9.17, 15) is 4.79 Å². The first-order valence-corrected chi connectivity index (χ1v) is 7.11. The van der Waals surface area contributed by atoms with Crippen LogP contribution in [0.15, 0.2) is 34.9 Å². The fourth-order valence-corrected chi connectivity index (χ4v) is 2.67. The highest BCUT2D eigenvalue weighted by atomic mass is 79.9. The molecule has 0 fully saturated rings. The van der Waals surface area contributed by atoms with Crippen LogP contribution in [-0.2, 0) is 7.05 Å². The number of anilines is 1. The third-order valence-electron chi connectivity index (χ3n) is 3.26. The van der Waals surface area contributed by atoms with Crippen molar-refractivity contribution in [2.75, 3.05) is 11.4 Å². The summed E-state index contributed by atoms with van der Waals surface area (Å²) in [5, 5.41) is 4.05. The lowest BCUT2D eigenvalue weighted by Gasteiger charge is -2.33. The molecule has 0 radical (unpaired) electrons. The van der Waals surface area contributed by atoms with Gasteiger partial charge < -0.3 is 4.74 Å². The largest absolute Gasteiger partial charge is 0.487 e. The maximum absolute atomic E-state index is 12.7. The van der Waals surface area contributed by atoms with Gasteiger partial charge in [0.05, 0.1) is 12.2 Å². The minimum atomic E-state index is -0.0699. The summed E-state index contributed by atoms with van der Waals surface area (Å²) in [6.45, 7) is 2.47. The summed E-state index contributed by atoms with van der Waals surface area (Å²) in [6.07, 6.45) is 1.58. The van der Waals surface area contributed by atoms with Crippen LogP contribution in [0.1, 0.15) is 17.4 Å². The second-order valence-electron chi connectivity index (χ2n) is 4.80. The van der Waals surface area contributed by atoms with Crippen molar-refractivity contribution < 1.29 is 9.53 Å². The zero-order valence-electron chi connectivity index (χ0n) is 11.2. The fraction of sp³-hybridized carbons (Fsp3) is 0.286. The van der Waals surface area contributed by atoms with Crippen molar-refractivity contribution in [1.29, 1.82) is 0 Å². The van der Waals surface area contributed by atoms with Gasteiger partial charge in [-0.2, -0.15) is 5.10 Å². The van der Waals surface area contributed by atoms with Crippen molar-refractivity contribution in [3.05, 3.63) is 40.6 Å². The van der Waals surface area contributed by atoms with Gasteiger partial charge >= 0.3 is 0 Å². The molecule has 2 heterocycles. The maximum Gasteiger partial charge on any atom is 0.276 e. The molecule has 0 saturated carbocycles. The molecule has 1 atom stereocenters. The second-order valence-corrected chi connectivity index (χ2v) is 5.71. The number of benzene rings is 1. The number of halogens is 1. The molecule has 6 heteroatoms. The molecule has 20 heavy (non-hydrogen) atoms. The van der Waals surface area contributed by atoms with Crippen LogP contribution in [0.2, 0.25) is 0 Å². The summed E-state index contributed by atoms with van der Waals surface area (Å²) in [6, 6.07) is 7.40.